The van der Waals surface area contributed by atoms with Crippen LogP contribution in [0.4, 0.5) is 10.5 Å². The van der Waals surface area contributed by atoms with E-state index in [1.165, 1.54) is 0 Å². The molecule has 0 saturated heterocycles. The summed E-state index contributed by atoms with van der Waals surface area (Å²) in [6.07, 6.45) is 0.493. The van der Waals surface area contributed by atoms with Gasteiger partial charge in [-0.3, -0.25) is 4.79 Å². The lowest BCUT2D eigenvalue weighted by molar-refractivity contribution is 0.0526. The number of amides is 2. The van der Waals surface area contributed by atoms with Crippen molar-refractivity contribution in [3.63, 3.8) is 0 Å². The van der Waals surface area contributed by atoms with Gasteiger partial charge < -0.3 is 19.9 Å². The first-order valence-electron chi connectivity index (χ1n) is 10.5. The number of nitrogens with zero attached hydrogens (tertiary/aromatic N) is 2. The van der Waals surface area contributed by atoms with E-state index in [9.17, 15) is 14.4 Å². The van der Waals surface area contributed by atoms with Crippen LogP contribution in [0.25, 0.3) is 11.4 Å². The molecule has 2 heterocycles. The molecule has 8 nitrogen and oxygen atoms in total. The van der Waals surface area contributed by atoms with Gasteiger partial charge in [-0.1, -0.05) is 23.8 Å². The van der Waals surface area contributed by atoms with Crippen molar-refractivity contribution in [1.29, 1.82) is 0 Å². The van der Waals surface area contributed by atoms with Crippen LogP contribution in [0.2, 0.25) is 0 Å². The summed E-state index contributed by atoms with van der Waals surface area (Å²) in [5, 5.41) is 2.81. The number of benzene rings is 2. The Labute approximate surface area is 185 Å². The van der Waals surface area contributed by atoms with E-state index in [0.29, 0.717) is 47.9 Å². The fourth-order valence-corrected chi connectivity index (χ4v) is 3.63. The van der Waals surface area contributed by atoms with Crippen molar-refractivity contribution in [3.05, 3.63) is 81.3 Å². The van der Waals surface area contributed by atoms with Crippen LogP contribution in [0.3, 0.4) is 0 Å². The second-order valence-corrected chi connectivity index (χ2v) is 7.61. The fraction of sp³-hybridized carbons (Fsp3) is 0.250. The largest absolute Gasteiger partial charge is 0.462 e. The molecule has 0 unspecified atom stereocenters. The van der Waals surface area contributed by atoms with Crippen molar-refractivity contribution in [2.24, 2.45) is 0 Å². The van der Waals surface area contributed by atoms with Gasteiger partial charge in [0, 0.05) is 24.2 Å². The highest BCUT2D eigenvalue weighted by atomic mass is 16.5. The number of carbonyl (C=O) groups is 2. The molecular formula is C24H24N4O4. The number of aromatic nitrogens is 2. The zero-order valence-corrected chi connectivity index (χ0v) is 18.0. The second-order valence-electron chi connectivity index (χ2n) is 7.61. The monoisotopic (exact) mass is 432 g/mol. The summed E-state index contributed by atoms with van der Waals surface area (Å²) in [5.41, 5.74) is 3.89. The first-order valence-corrected chi connectivity index (χ1v) is 10.5. The zero-order chi connectivity index (χ0) is 22.7. The molecule has 8 heteroatoms. The Morgan fingerprint density at radius 1 is 1.19 bits per heavy atom. The average molecular weight is 432 g/mol. The molecule has 32 heavy (non-hydrogen) atoms. The second kappa shape index (κ2) is 9.05. The highest BCUT2D eigenvalue weighted by Crippen LogP contribution is 2.20. The molecule has 4 rings (SSSR count). The van der Waals surface area contributed by atoms with Gasteiger partial charge in [0.05, 0.1) is 30.0 Å². The Bertz CT molecular complexity index is 1220. The minimum Gasteiger partial charge on any atom is -0.462 e. The summed E-state index contributed by atoms with van der Waals surface area (Å²) in [5.74, 6) is 0.131. The van der Waals surface area contributed by atoms with E-state index in [2.05, 4.69) is 15.3 Å². The number of rotatable bonds is 4. The van der Waals surface area contributed by atoms with Gasteiger partial charge in [-0.15, -0.1) is 0 Å². The van der Waals surface area contributed by atoms with Crippen LogP contribution < -0.4 is 10.9 Å². The Balaban J connectivity index is 1.46. The van der Waals surface area contributed by atoms with Crippen molar-refractivity contribution >= 4 is 17.7 Å². The quantitative estimate of drug-likeness (QED) is 0.614. The van der Waals surface area contributed by atoms with E-state index in [-0.39, 0.29) is 18.1 Å². The van der Waals surface area contributed by atoms with Crippen LogP contribution in [0.5, 0.6) is 0 Å². The van der Waals surface area contributed by atoms with Crippen LogP contribution in [-0.4, -0.2) is 40.0 Å². The highest BCUT2D eigenvalue weighted by molar-refractivity contribution is 5.92. The van der Waals surface area contributed by atoms with E-state index in [1.807, 2.05) is 31.2 Å². The summed E-state index contributed by atoms with van der Waals surface area (Å²) in [6, 6.07) is 14.0. The van der Waals surface area contributed by atoms with Gasteiger partial charge in [0.15, 0.2) is 0 Å². The van der Waals surface area contributed by atoms with E-state index >= 15 is 0 Å². The minimum absolute atomic E-state index is 0.179. The molecule has 0 bridgehead atoms. The summed E-state index contributed by atoms with van der Waals surface area (Å²) >= 11 is 0. The first-order chi connectivity index (χ1) is 15.4. The third-order valence-electron chi connectivity index (χ3n) is 5.29. The molecule has 1 aliphatic rings. The van der Waals surface area contributed by atoms with Crippen molar-refractivity contribution < 1.29 is 14.3 Å². The number of hydrogen-bond donors (Lipinski definition) is 2. The van der Waals surface area contributed by atoms with Crippen molar-refractivity contribution in [2.75, 3.05) is 18.5 Å². The lowest BCUT2D eigenvalue weighted by atomic mass is 10.1. The molecule has 0 atom stereocenters. The van der Waals surface area contributed by atoms with Gasteiger partial charge >= 0.3 is 12.0 Å². The molecule has 2 amide bonds. The van der Waals surface area contributed by atoms with Gasteiger partial charge in [-0.25, -0.2) is 14.6 Å². The van der Waals surface area contributed by atoms with Gasteiger partial charge in [0.2, 0.25) is 0 Å². The standard InChI is InChI=1S/C24H24N4O4/c1-3-32-23(30)16-7-9-18(10-8-16)25-24(31)28-12-11-20-19(14-28)22(29)27-21(26-20)17-6-4-5-15(2)13-17/h4-10,13H,3,11-12,14H2,1-2H3,(H,25,31)(H,26,27,29). The summed E-state index contributed by atoms with van der Waals surface area (Å²) in [7, 11) is 0. The van der Waals surface area contributed by atoms with Crippen LogP contribution in [0.1, 0.15) is 34.1 Å². The van der Waals surface area contributed by atoms with Gasteiger partial charge in [-0.2, -0.15) is 0 Å². The third kappa shape index (κ3) is 4.54. The third-order valence-corrected chi connectivity index (χ3v) is 5.29. The number of ether oxygens (including phenoxy) is 1. The molecule has 0 saturated carbocycles. The van der Waals surface area contributed by atoms with E-state index in [1.54, 1.807) is 36.1 Å². The Kier molecular flexibility index (Phi) is 6.02. The topological polar surface area (TPSA) is 104 Å². The smallest absolute Gasteiger partial charge is 0.338 e. The van der Waals surface area contributed by atoms with Gasteiger partial charge in [-0.05, 0) is 44.2 Å². The average Bonchev–Trinajstić information content (AvgIpc) is 2.79. The lowest BCUT2D eigenvalue weighted by Gasteiger charge is -2.28. The number of nitrogens with one attached hydrogen (secondary N) is 2. The van der Waals surface area contributed by atoms with Gasteiger partial charge in [0.1, 0.15) is 5.82 Å². The molecule has 0 radical (unpaired) electrons. The Hall–Kier alpha value is -3.94. The first kappa shape index (κ1) is 21.3. The lowest BCUT2D eigenvalue weighted by Crippen LogP contribution is -2.41. The Morgan fingerprint density at radius 2 is 1.97 bits per heavy atom. The molecule has 0 fully saturated rings. The molecule has 0 spiro atoms. The summed E-state index contributed by atoms with van der Waals surface area (Å²) < 4.78 is 4.96. The molecule has 1 aromatic heterocycles. The Morgan fingerprint density at radius 3 is 2.69 bits per heavy atom. The number of H-pyrrole nitrogens is 1. The van der Waals surface area contributed by atoms with Crippen LogP contribution >= 0.6 is 0 Å². The number of aryl methyl sites for hydroxylation is 1. The maximum atomic E-state index is 12.7. The number of hydrogen-bond acceptors (Lipinski definition) is 5. The zero-order valence-electron chi connectivity index (χ0n) is 18.0. The normalized spacial score (nSPS) is 12.8. The van der Waals surface area contributed by atoms with Crippen LogP contribution in [0, 0.1) is 6.92 Å². The van der Waals surface area contributed by atoms with Gasteiger partial charge in [0.25, 0.3) is 5.56 Å². The summed E-state index contributed by atoms with van der Waals surface area (Å²) in [6.45, 7) is 4.66. The minimum atomic E-state index is -0.408. The van der Waals surface area contributed by atoms with E-state index in [0.717, 1.165) is 11.1 Å². The number of urea groups is 1. The molecular weight excluding hydrogens is 408 g/mol. The van der Waals surface area contributed by atoms with Crippen LogP contribution in [-0.2, 0) is 17.7 Å². The molecule has 3 aromatic rings. The van der Waals surface area contributed by atoms with Crippen molar-refractivity contribution in [3.8, 4) is 11.4 Å². The van der Waals surface area contributed by atoms with E-state index in [4.69, 9.17) is 4.74 Å². The molecule has 2 aromatic carbocycles. The molecule has 0 aliphatic carbocycles. The highest BCUT2D eigenvalue weighted by Gasteiger charge is 2.25. The predicted octanol–water partition coefficient (Wildman–Crippen LogP) is 3.51. The molecule has 164 valence electrons. The van der Waals surface area contributed by atoms with E-state index < -0.39 is 5.97 Å². The fourth-order valence-electron chi connectivity index (χ4n) is 3.63. The number of esters is 1. The number of fused-ring (bicyclic) bond motifs is 1. The number of anilines is 1. The SMILES string of the molecule is CCOC(=O)c1ccc(NC(=O)N2CCc3nc(-c4cccc(C)c4)[nH]c(=O)c3C2)cc1. The maximum Gasteiger partial charge on any atom is 0.338 e. The summed E-state index contributed by atoms with van der Waals surface area (Å²) in [4.78, 5) is 46.3. The molecule has 1 aliphatic heterocycles. The number of aromatic amines is 1. The van der Waals surface area contributed by atoms with Crippen LogP contribution in [0.15, 0.2) is 53.3 Å². The number of carbonyl (C=O) groups excluding carboxylic acids is 2. The van der Waals surface area contributed by atoms with Crippen molar-refractivity contribution in [2.45, 2.75) is 26.8 Å². The maximum absolute atomic E-state index is 12.7. The predicted molar refractivity (Wildman–Crippen MR) is 121 cm³/mol. The van der Waals surface area contributed by atoms with Crippen molar-refractivity contribution in [1.82, 2.24) is 14.9 Å². The molecule has 2 N–H and O–H groups in total.